The summed E-state index contributed by atoms with van der Waals surface area (Å²) >= 11 is 0. The first-order valence-electron chi connectivity index (χ1n) is 7.28. The number of nitrogens with two attached hydrogens (primary N) is 1. The Morgan fingerprint density at radius 3 is 2.50 bits per heavy atom. The van der Waals surface area contributed by atoms with Crippen molar-refractivity contribution in [1.29, 1.82) is 0 Å². The Balaban J connectivity index is 2.15. The summed E-state index contributed by atoms with van der Waals surface area (Å²) in [7, 11) is 0. The molecular weight excluding hydrogens is 244 g/mol. The number of hydrogen-bond donors (Lipinski definition) is 1. The number of rotatable bonds is 5. The van der Waals surface area contributed by atoms with Crippen LogP contribution in [0.1, 0.15) is 25.0 Å². The second-order valence-corrected chi connectivity index (χ2v) is 5.42. The van der Waals surface area contributed by atoms with Gasteiger partial charge in [0.2, 0.25) is 0 Å². The maximum absolute atomic E-state index is 5.86. The first-order chi connectivity index (χ1) is 9.60. The first-order valence-corrected chi connectivity index (χ1v) is 7.28. The monoisotopic (exact) mass is 268 g/mol. The molecule has 0 amide bonds. The molecule has 0 bridgehead atoms. The minimum atomic E-state index is 0.448. The van der Waals surface area contributed by atoms with Crippen molar-refractivity contribution >= 4 is 11.4 Å². The van der Waals surface area contributed by atoms with E-state index in [9.17, 15) is 0 Å². The molecule has 0 aliphatic rings. The Bertz CT molecular complexity index is 563. The molecule has 2 rings (SSSR count). The molecule has 0 aromatic heterocycles. The van der Waals surface area contributed by atoms with Crippen molar-refractivity contribution in [2.45, 2.75) is 33.2 Å². The van der Waals surface area contributed by atoms with Crippen molar-refractivity contribution < 1.29 is 0 Å². The molecule has 2 aromatic rings. The summed E-state index contributed by atoms with van der Waals surface area (Å²) in [5.74, 6) is 0. The highest BCUT2D eigenvalue weighted by molar-refractivity contribution is 5.49. The van der Waals surface area contributed by atoms with Crippen molar-refractivity contribution in [3.05, 3.63) is 59.7 Å². The van der Waals surface area contributed by atoms with Crippen LogP contribution in [0.25, 0.3) is 0 Å². The first kappa shape index (κ1) is 14.4. The van der Waals surface area contributed by atoms with E-state index in [2.05, 4.69) is 62.1 Å². The highest BCUT2D eigenvalue weighted by Gasteiger charge is 2.13. The van der Waals surface area contributed by atoms with Gasteiger partial charge >= 0.3 is 0 Å². The maximum atomic E-state index is 5.86. The van der Waals surface area contributed by atoms with E-state index in [1.807, 2.05) is 12.1 Å². The van der Waals surface area contributed by atoms with Gasteiger partial charge in [0.05, 0.1) is 0 Å². The third kappa shape index (κ3) is 3.53. The number of aryl methyl sites for hydroxylation is 1. The van der Waals surface area contributed by atoms with Crippen LogP contribution in [0.5, 0.6) is 0 Å². The van der Waals surface area contributed by atoms with Crippen LogP contribution in [0.2, 0.25) is 0 Å². The topological polar surface area (TPSA) is 29.3 Å². The van der Waals surface area contributed by atoms with Gasteiger partial charge in [0.15, 0.2) is 0 Å². The molecule has 0 radical (unpaired) electrons. The Morgan fingerprint density at radius 1 is 1.10 bits per heavy atom. The van der Waals surface area contributed by atoms with Gasteiger partial charge in [-0.05, 0) is 62.6 Å². The minimum Gasteiger partial charge on any atom is -0.399 e. The quantitative estimate of drug-likeness (QED) is 0.829. The number of likely N-dealkylation sites (N-methyl/N-ethyl adjacent to an activating group) is 1. The zero-order valence-corrected chi connectivity index (χ0v) is 12.6. The standard InChI is InChI=1S/C18H24N2/c1-4-20(18-10-5-7-14(2)11-18)15(3)12-16-8-6-9-17(19)13-16/h5-11,13,15H,4,12,19H2,1-3H3. The van der Waals surface area contributed by atoms with E-state index in [0.29, 0.717) is 6.04 Å². The SMILES string of the molecule is CCN(c1cccc(C)c1)C(C)Cc1cccc(N)c1. The van der Waals surface area contributed by atoms with Crippen molar-refractivity contribution in [2.75, 3.05) is 17.2 Å². The molecule has 0 heterocycles. The molecule has 0 fully saturated rings. The van der Waals surface area contributed by atoms with Gasteiger partial charge < -0.3 is 10.6 Å². The molecule has 2 nitrogen and oxygen atoms in total. The highest BCUT2D eigenvalue weighted by Crippen LogP contribution is 2.20. The lowest BCUT2D eigenvalue weighted by Gasteiger charge is -2.30. The van der Waals surface area contributed by atoms with Gasteiger partial charge in [-0.2, -0.15) is 0 Å². The van der Waals surface area contributed by atoms with Crippen LogP contribution in [0, 0.1) is 6.92 Å². The Labute approximate surface area is 122 Å². The van der Waals surface area contributed by atoms with Gasteiger partial charge in [0, 0.05) is 24.0 Å². The number of nitrogens with zero attached hydrogens (tertiary/aromatic N) is 1. The number of benzene rings is 2. The van der Waals surface area contributed by atoms with Crippen LogP contribution in [0.4, 0.5) is 11.4 Å². The fourth-order valence-corrected chi connectivity index (χ4v) is 2.73. The Hall–Kier alpha value is -1.96. The van der Waals surface area contributed by atoms with Gasteiger partial charge in [0.1, 0.15) is 0 Å². The van der Waals surface area contributed by atoms with Crippen molar-refractivity contribution in [1.82, 2.24) is 0 Å². The molecule has 1 unspecified atom stereocenters. The molecule has 0 aliphatic heterocycles. The highest BCUT2D eigenvalue weighted by atomic mass is 15.1. The third-order valence-electron chi connectivity index (χ3n) is 3.69. The molecule has 0 spiro atoms. The zero-order valence-electron chi connectivity index (χ0n) is 12.6. The van der Waals surface area contributed by atoms with Crippen LogP contribution in [0.3, 0.4) is 0 Å². The van der Waals surface area contributed by atoms with Crippen molar-refractivity contribution in [3.8, 4) is 0 Å². The number of anilines is 2. The van der Waals surface area contributed by atoms with E-state index >= 15 is 0 Å². The van der Waals surface area contributed by atoms with E-state index in [1.54, 1.807) is 0 Å². The van der Waals surface area contributed by atoms with Gasteiger partial charge in [0.25, 0.3) is 0 Å². The smallest absolute Gasteiger partial charge is 0.0371 e. The zero-order chi connectivity index (χ0) is 14.5. The average Bonchev–Trinajstić information content (AvgIpc) is 2.39. The van der Waals surface area contributed by atoms with Gasteiger partial charge in [-0.15, -0.1) is 0 Å². The fourth-order valence-electron chi connectivity index (χ4n) is 2.73. The molecule has 20 heavy (non-hydrogen) atoms. The second kappa shape index (κ2) is 6.47. The maximum Gasteiger partial charge on any atom is 0.0371 e. The molecule has 0 aliphatic carbocycles. The van der Waals surface area contributed by atoms with Crippen molar-refractivity contribution in [3.63, 3.8) is 0 Å². The summed E-state index contributed by atoms with van der Waals surface area (Å²) in [5.41, 5.74) is 10.6. The Kier molecular flexibility index (Phi) is 4.67. The predicted molar refractivity (Wildman–Crippen MR) is 88.2 cm³/mol. The van der Waals surface area contributed by atoms with Crippen LogP contribution in [-0.4, -0.2) is 12.6 Å². The van der Waals surface area contributed by atoms with Gasteiger partial charge in [-0.3, -0.25) is 0 Å². The summed E-state index contributed by atoms with van der Waals surface area (Å²) in [6.45, 7) is 7.63. The lowest BCUT2D eigenvalue weighted by atomic mass is 10.0. The molecule has 1 atom stereocenters. The van der Waals surface area contributed by atoms with Crippen LogP contribution >= 0.6 is 0 Å². The van der Waals surface area contributed by atoms with E-state index in [1.165, 1.54) is 16.8 Å². The van der Waals surface area contributed by atoms with E-state index in [4.69, 9.17) is 5.73 Å². The second-order valence-electron chi connectivity index (χ2n) is 5.42. The average molecular weight is 268 g/mol. The summed E-state index contributed by atoms with van der Waals surface area (Å²) in [6, 6.07) is 17.3. The van der Waals surface area contributed by atoms with Crippen LogP contribution in [0.15, 0.2) is 48.5 Å². The fraction of sp³-hybridized carbons (Fsp3) is 0.333. The largest absolute Gasteiger partial charge is 0.399 e. The van der Waals surface area contributed by atoms with Gasteiger partial charge in [-0.1, -0.05) is 24.3 Å². The molecule has 0 saturated carbocycles. The number of hydrogen-bond acceptors (Lipinski definition) is 2. The normalized spacial score (nSPS) is 12.2. The Morgan fingerprint density at radius 2 is 1.85 bits per heavy atom. The summed E-state index contributed by atoms with van der Waals surface area (Å²) in [6.07, 6.45) is 1.01. The van der Waals surface area contributed by atoms with Gasteiger partial charge in [-0.25, -0.2) is 0 Å². The number of nitrogen functional groups attached to an aromatic ring is 1. The molecule has 2 N–H and O–H groups in total. The summed E-state index contributed by atoms with van der Waals surface area (Å²) in [4.78, 5) is 2.44. The summed E-state index contributed by atoms with van der Waals surface area (Å²) < 4.78 is 0. The minimum absolute atomic E-state index is 0.448. The molecule has 2 heteroatoms. The lowest BCUT2D eigenvalue weighted by molar-refractivity contribution is 0.645. The molecular formula is C18H24N2. The van der Waals surface area contributed by atoms with E-state index < -0.39 is 0 Å². The van der Waals surface area contributed by atoms with Crippen molar-refractivity contribution in [2.24, 2.45) is 0 Å². The summed E-state index contributed by atoms with van der Waals surface area (Å²) in [5, 5.41) is 0. The molecule has 0 saturated heterocycles. The third-order valence-corrected chi connectivity index (χ3v) is 3.69. The van der Waals surface area contributed by atoms with E-state index in [-0.39, 0.29) is 0 Å². The molecule has 2 aromatic carbocycles. The molecule has 106 valence electrons. The van der Waals surface area contributed by atoms with E-state index in [0.717, 1.165) is 18.7 Å². The predicted octanol–water partition coefficient (Wildman–Crippen LogP) is 4.03. The lowest BCUT2D eigenvalue weighted by Crippen LogP contribution is -2.34. The van der Waals surface area contributed by atoms with Crippen LogP contribution in [-0.2, 0) is 6.42 Å². The van der Waals surface area contributed by atoms with Crippen LogP contribution < -0.4 is 10.6 Å².